The maximum Gasteiger partial charge on any atom is -0.0446 e. The van der Waals surface area contributed by atoms with E-state index in [0.717, 1.165) is 14.5 Å². The highest BCUT2D eigenvalue weighted by Gasteiger charge is 1.92. The predicted molar refractivity (Wildman–Crippen MR) is 72.6 cm³/mol. The fourth-order valence-corrected chi connectivity index (χ4v) is 0.697. The van der Waals surface area contributed by atoms with Crippen LogP contribution < -0.4 is 0 Å². The van der Waals surface area contributed by atoms with Gasteiger partial charge in [-0.15, -0.1) is 8.58 Å². The molecule has 0 aliphatic heterocycles. The smallest absolute Gasteiger partial charge is 0.0446 e. The van der Waals surface area contributed by atoms with Gasteiger partial charge in [0.05, 0.1) is 0 Å². The highest BCUT2D eigenvalue weighted by atomic mass is 31.1. The third-order valence-electron chi connectivity index (χ3n) is 1.48. The van der Waals surface area contributed by atoms with Crippen LogP contribution in [0.1, 0.15) is 61.3 Å². The zero-order chi connectivity index (χ0) is 10.4. The Morgan fingerprint density at radius 1 is 1.08 bits per heavy atom. The monoisotopic (exact) mass is 208 g/mol. The molecule has 86 valence electrons. The molecule has 0 radical (unpaired) electrons. The first-order chi connectivity index (χ1) is 5.72. The lowest BCUT2D eigenvalue weighted by atomic mass is 10.0. The van der Waals surface area contributed by atoms with Crippen molar-refractivity contribution in [1.29, 1.82) is 0 Å². The first-order valence-corrected chi connectivity index (χ1v) is 7.31. The van der Waals surface area contributed by atoms with Crippen LogP contribution in [0.2, 0.25) is 0 Å². The van der Waals surface area contributed by atoms with E-state index in [1.54, 1.807) is 0 Å². The molecule has 0 nitrogen and oxygen atoms in total. The minimum atomic E-state index is 0. The van der Waals surface area contributed by atoms with Gasteiger partial charge in [0, 0.05) is 0 Å². The second-order valence-electron chi connectivity index (χ2n) is 2.80. The first kappa shape index (κ1) is 23.3. The van der Waals surface area contributed by atoms with Crippen LogP contribution >= 0.6 is 8.58 Å². The topological polar surface area (TPSA) is 0 Å². The second-order valence-corrected chi connectivity index (χ2v) is 3.80. The van der Waals surface area contributed by atoms with Gasteiger partial charge in [-0.3, -0.25) is 0 Å². The lowest BCUT2D eigenvalue weighted by Crippen LogP contribution is -1.88. The highest BCUT2D eigenvalue weighted by Crippen LogP contribution is 2.07. The third kappa shape index (κ3) is 45.9. The molecule has 0 rings (SSSR count). The predicted octanol–water partition coefficient (Wildman–Crippen LogP) is 5.42. The lowest BCUT2D eigenvalue weighted by molar-refractivity contribution is 0.509. The van der Waals surface area contributed by atoms with Crippen molar-refractivity contribution in [2.24, 2.45) is 5.92 Å². The van der Waals surface area contributed by atoms with Crippen molar-refractivity contribution < 1.29 is 0 Å². The van der Waals surface area contributed by atoms with Gasteiger partial charge in [0.25, 0.3) is 0 Å². The highest BCUT2D eigenvalue weighted by molar-refractivity contribution is 7.35. The standard InChI is InChI=1S/C7H16.C2H7P.C2H6.CH4/c1-4-6-7(3)5-2;1-3-2;1-2;/h7H,4-6H2,1-3H3;3H,1-2H3;1-2H3;1H4. The summed E-state index contributed by atoms with van der Waals surface area (Å²) in [7, 11) is 1.08. The molecule has 0 fully saturated rings. The van der Waals surface area contributed by atoms with Gasteiger partial charge in [-0.2, -0.15) is 0 Å². The molecule has 13 heavy (non-hydrogen) atoms. The molecule has 0 saturated carbocycles. The van der Waals surface area contributed by atoms with Gasteiger partial charge in [0.15, 0.2) is 0 Å². The van der Waals surface area contributed by atoms with E-state index in [1.807, 2.05) is 13.8 Å². The average molecular weight is 208 g/mol. The van der Waals surface area contributed by atoms with Gasteiger partial charge >= 0.3 is 0 Å². The summed E-state index contributed by atoms with van der Waals surface area (Å²) in [6.07, 6.45) is 4.08. The Bertz CT molecular complexity index is 44.4. The minimum Gasteiger partial charge on any atom is -0.129 e. The summed E-state index contributed by atoms with van der Waals surface area (Å²) >= 11 is 0. The summed E-state index contributed by atoms with van der Waals surface area (Å²) in [5.41, 5.74) is 0. The Hall–Kier alpha value is 0.430. The molecule has 0 aromatic rings. The van der Waals surface area contributed by atoms with E-state index in [0.29, 0.717) is 0 Å². The number of hydrogen-bond donors (Lipinski definition) is 0. The summed E-state index contributed by atoms with van der Waals surface area (Å²) in [5.74, 6) is 0.949. The van der Waals surface area contributed by atoms with Crippen LogP contribution in [0.25, 0.3) is 0 Å². The van der Waals surface area contributed by atoms with E-state index < -0.39 is 0 Å². The van der Waals surface area contributed by atoms with Crippen molar-refractivity contribution >= 4 is 8.58 Å². The Balaban J connectivity index is -0.0000000581. The van der Waals surface area contributed by atoms with Crippen LogP contribution in [-0.4, -0.2) is 13.3 Å². The van der Waals surface area contributed by atoms with Crippen molar-refractivity contribution in [3.63, 3.8) is 0 Å². The third-order valence-corrected chi connectivity index (χ3v) is 1.48. The maximum atomic E-state index is 2.31. The minimum absolute atomic E-state index is 0. The van der Waals surface area contributed by atoms with Crippen molar-refractivity contribution in [2.75, 3.05) is 13.3 Å². The molecule has 1 atom stereocenters. The zero-order valence-electron chi connectivity index (χ0n) is 10.2. The van der Waals surface area contributed by atoms with E-state index in [-0.39, 0.29) is 7.43 Å². The molecule has 0 aromatic heterocycles. The average Bonchev–Trinajstić information content (AvgIpc) is 2.10. The van der Waals surface area contributed by atoms with Crippen LogP contribution in [0.4, 0.5) is 0 Å². The molecule has 0 aliphatic carbocycles. The van der Waals surface area contributed by atoms with E-state index in [9.17, 15) is 0 Å². The van der Waals surface area contributed by atoms with E-state index in [2.05, 4.69) is 34.1 Å². The summed E-state index contributed by atoms with van der Waals surface area (Å²) in [5, 5.41) is 0. The fraction of sp³-hybridized carbons (Fsp3) is 1.00. The summed E-state index contributed by atoms with van der Waals surface area (Å²) in [4.78, 5) is 0. The van der Waals surface area contributed by atoms with Crippen LogP contribution in [-0.2, 0) is 0 Å². The Labute approximate surface area is 89.7 Å². The van der Waals surface area contributed by atoms with Gasteiger partial charge < -0.3 is 0 Å². The van der Waals surface area contributed by atoms with Crippen LogP contribution in [0.15, 0.2) is 0 Å². The molecule has 0 saturated heterocycles. The summed E-state index contributed by atoms with van der Waals surface area (Å²) < 4.78 is 0. The molecule has 0 N–H and O–H groups in total. The van der Waals surface area contributed by atoms with Crippen LogP contribution in [0, 0.1) is 5.92 Å². The normalized spacial score (nSPS) is 9.46. The largest absolute Gasteiger partial charge is 0.129 e. The molecule has 0 spiro atoms. The van der Waals surface area contributed by atoms with E-state index in [4.69, 9.17) is 0 Å². The molecule has 0 aromatic carbocycles. The van der Waals surface area contributed by atoms with Gasteiger partial charge in [0.2, 0.25) is 0 Å². The number of rotatable bonds is 3. The van der Waals surface area contributed by atoms with Gasteiger partial charge in [-0.25, -0.2) is 0 Å². The van der Waals surface area contributed by atoms with Crippen molar-refractivity contribution in [1.82, 2.24) is 0 Å². The van der Waals surface area contributed by atoms with Crippen LogP contribution in [0.5, 0.6) is 0 Å². The van der Waals surface area contributed by atoms with Gasteiger partial charge in [-0.1, -0.05) is 61.3 Å². The van der Waals surface area contributed by atoms with Crippen molar-refractivity contribution in [2.45, 2.75) is 61.3 Å². The molecule has 0 heterocycles. The molecular weight excluding hydrogens is 175 g/mol. The first-order valence-electron chi connectivity index (χ1n) is 5.31. The van der Waals surface area contributed by atoms with E-state index in [1.165, 1.54) is 19.3 Å². The van der Waals surface area contributed by atoms with E-state index >= 15 is 0 Å². The van der Waals surface area contributed by atoms with Crippen LogP contribution in [0.3, 0.4) is 0 Å². The Morgan fingerprint density at radius 3 is 1.46 bits per heavy atom. The van der Waals surface area contributed by atoms with Crippen molar-refractivity contribution in [3.05, 3.63) is 0 Å². The molecule has 0 bridgehead atoms. The molecule has 1 heteroatoms. The molecule has 1 unspecified atom stereocenters. The Kier molecular flexibility index (Phi) is 52.8. The summed E-state index contributed by atoms with van der Waals surface area (Å²) in [6.45, 7) is 15.1. The van der Waals surface area contributed by atoms with Gasteiger partial charge in [0.1, 0.15) is 0 Å². The SMILES string of the molecule is C.CC.CCCC(C)CC.CPC. The lowest BCUT2D eigenvalue weighted by Gasteiger charge is -2.02. The number of hydrogen-bond acceptors (Lipinski definition) is 0. The fourth-order valence-electron chi connectivity index (χ4n) is 0.697. The van der Waals surface area contributed by atoms with Crippen molar-refractivity contribution in [3.8, 4) is 0 Å². The Morgan fingerprint density at radius 2 is 1.38 bits per heavy atom. The molecular formula is C12H33P. The second kappa shape index (κ2) is 29.4. The summed E-state index contributed by atoms with van der Waals surface area (Å²) in [6, 6.07) is 0. The molecule has 0 amide bonds. The quantitative estimate of drug-likeness (QED) is 0.543. The van der Waals surface area contributed by atoms with Gasteiger partial charge in [-0.05, 0) is 19.2 Å². The zero-order valence-corrected chi connectivity index (χ0v) is 11.2. The molecule has 0 aliphatic rings. The maximum absolute atomic E-state index is 2.31.